The van der Waals surface area contributed by atoms with Crippen molar-refractivity contribution in [2.24, 2.45) is 0 Å². The van der Waals surface area contributed by atoms with E-state index >= 15 is 0 Å². The zero-order valence-corrected chi connectivity index (χ0v) is 15.5. The zero-order chi connectivity index (χ0) is 18.3. The molecule has 6 nitrogen and oxygen atoms in total. The summed E-state index contributed by atoms with van der Waals surface area (Å²) >= 11 is 0. The highest BCUT2D eigenvalue weighted by molar-refractivity contribution is 6.01. The molecule has 4 rings (SSSR count). The van der Waals surface area contributed by atoms with Crippen molar-refractivity contribution < 1.29 is 9.59 Å². The number of likely N-dealkylation sites (tertiary alicyclic amines) is 1. The number of hydrogen-bond donors (Lipinski definition) is 2. The SMILES string of the molecule is Cc1nc2ccc(C(=O)N3CCCC3(C)C(=O)NC3CCCC3)cc2[nH]1. The maximum absolute atomic E-state index is 13.2. The van der Waals surface area contributed by atoms with Gasteiger partial charge in [-0.15, -0.1) is 0 Å². The minimum absolute atomic E-state index is 0.00582. The quantitative estimate of drug-likeness (QED) is 0.889. The minimum atomic E-state index is -0.765. The number of carbonyl (C=O) groups is 2. The third-order valence-electron chi connectivity index (χ3n) is 5.91. The molecule has 1 saturated carbocycles. The van der Waals surface area contributed by atoms with E-state index in [0.717, 1.165) is 36.1 Å². The van der Waals surface area contributed by atoms with Gasteiger partial charge in [0, 0.05) is 18.2 Å². The number of imidazole rings is 1. The molecule has 2 N–H and O–H groups in total. The van der Waals surface area contributed by atoms with Crippen LogP contribution >= 0.6 is 0 Å². The molecular weight excluding hydrogens is 328 g/mol. The van der Waals surface area contributed by atoms with Gasteiger partial charge in [-0.1, -0.05) is 12.8 Å². The van der Waals surface area contributed by atoms with E-state index in [0.29, 0.717) is 18.5 Å². The average molecular weight is 354 g/mol. The van der Waals surface area contributed by atoms with Gasteiger partial charge in [-0.25, -0.2) is 4.98 Å². The molecule has 6 heteroatoms. The molecule has 26 heavy (non-hydrogen) atoms. The number of carbonyl (C=O) groups excluding carboxylic acids is 2. The van der Waals surface area contributed by atoms with E-state index in [2.05, 4.69) is 15.3 Å². The Labute approximate surface area is 153 Å². The smallest absolute Gasteiger partial charge is 0.254 e. The standard InChI is InChI=1S/C20H26N4O2/c1-13-21-16-9-8-14(12-17(16)22-13)18(25)24-11-5-10-20(24,2)19(26)23-15-6-3-4-7-15/h8-9,12,15H,3-7,10-11H2,1-2H3,(H,21,22)(H,23,26). The first-order valence-electron chi connectivity index (χ1n) is 9.57. The van der Waals surface area contributed by atoms with Crippen molar-refractivity contribution in [1.82, 2.24) is 20.2 Å². The lowest BCUT2D eigenvalue weighted by Gasteiger charge is -2.35. The van der Waals surface area contributed by atoms with Gasteiger partial charge in [0.15, 0.2) is 0 Å². The molecule has 2 aromatic rings. The number of H-pyrrole nitrogens is 1. The molecule has 2 heterocycles. The van der Waals surface area contributed by atoms with Crippen LogP contribution in [-0.4, -0.2) is 44.8 Å². The van der Waals surface area contributed by atoms with Gasteiger partial charge in [0.1, 0.15) is 11.4 Å². The van der Waals surface area contributed by atoms with Crippen LogP contribution in [0.1, 0.15) is 61.6 Å². The first-order chi connectivity index (χ1) is 12.5. The summed E-state index contributed by atoms with van der Waals surface area (Å²) in [4.78, 5) is 35.4. The zero-order valence-electron chi connectivity index (χ0n) is 15.5. The maximum atomic E-state index is 13.2. The number of benzene rings is 1. The summed E-state index contributed by atoms with van der Waals surface area (Å²) in [6.07, 6.45) is 6.01. The fourth-order valence-electron chi connectivity index (χ4n) is 4.36. The van der Waals surface area contributed by atoms with Crippen LogP contribution in [0.5, 0.6) is 0 Å². The number of rotatable bonds is 3. The molecule has 0 radical (unpaired) electrons. The Morgan fingerprint density at radius 1 is 1.27 bits per heavy atom. The first-order valence-corrected chi connectivity index (χ1v) is 9.57. The lowest BCUT2D eigenvalue weighted by atomic mass is 9.96. The van der Waals surface area contributed by atoms with Crippen LogP contribution in [0.25, 0.3) is 11.0 Å². The van der Waals surface area contributed by atoms with Crippen molar-refractivity contribution >= 4 is 22.8 Å². The molecule has 2 aliphatic rings. The summed E-state index contributed by atoms with van der Waals surface area (Å²) in [5.74, 6) is 0.737. The predicted molar refractivity (Wildman–Crippen MR) is 99.9 cm³/mol. The molecule has 0 spiro atoms. The van der Waals surface area contributed by atoms with Crippen LogP contribution in [0.4, 0.5) is 0 Å². The van der Waals surface area contributed by atoms with Gasteiger partial charge in [-0.05, 0) is 57.7 Å². The number of aromatic nitrogens is 2. The third-order valence-corrected chi connectivity index (χ3v) is 5.91. The van der Waals surface area contributed by atoms with Crippen molar-refractivity contribution in [1.29, 1.82) is 0 Å². The molecule has 138 valence electrons. The normalized spacial score (nSPS) is 23.7. The number of aryl methyl sites for hydroxylation is 1. The number of aromatic amines is 1. The molecule has 2 fully saturated rings. The highest BCUT2D eigenvalue weighted by atomic mass is 16.2. The molecule has 1 aromatic heterocycles. The predicted octanol–water partition coefficient (Wildman–Crippen LogP) is 2.92. The number of nitrogens with one attached hydrogen (secondary N) is 2. The van der Waals surface area contributed by atoms with Gasteiger partial charge >= 0.3 is 0 Å². The van der Waals surface area contributed by atoms with Crippen molar-refractivity contribution in [3.8, 4) is 0 Å². The molecule has 1 aliphatic heterocycles. The Hall–Kier alpha value is -2.37. The van der Waals surface area contributed by atoms with E-state index in [1.54, 1.807) is 11.0 Å². The monoisotopic (exact) mass is 354 g/mol. The second-order valence-corrected chi connectivity index (χ2v) is 7.84. The number of nitrogens with zero attached hydrogens (tertiary/aromatic N) is 2. The second-order valence-electron chi connectivity index (χ2n) is 7.84. The van der Waals surface area contributed by atoms with Crippen molar-refractivity contribution in [3.05, 3.63) is 29.6 Å². The van der Waals surface area contributed by atoms with E-state index in [4.69, 9.17) is 0 Å². The molecule has 1 unspecified atom stereocenters. The Morgan fingerprint density at radius 2 is 2.04 bits per heavy atom. The van der Waals surface area contributed by atoms with Crippen LogP contribution in [0, 0.1) is 6.92 Å². The molecule has 1 atom stereocenters. The summed E-state index contributed by atoms with van der Waals surface area (Å²) in [5, 5.41) is 3.18. The second kappa shape index (κ2) is 6.41. The fourth-order valence-corrected chi connectivity index (χ4v) is 4.36. The first kappa shape index (κ1) is 17.1. The Morgan fingerprint density at radius 3 is 2.81 bits per heavy atom. The third kappa shape index (κ3) is 2.87. The minimum Gasteiger partial charge on any atom is -0.351 e. The number of amides is 2. The molecular formula is C20H26N4O2. The topological polar surface area (TPSA) is 78.1 Å². The van der Waals surface area contributed by atoms with Gasteiger partial charge in [-0.3, -0.25) is 9.59 Å². The van der Waals surface area contributed by atoms with E-state index in [-0.39, 0.29) is 17.9 Å². The van der Waals surface area contributed by atoms with E-state index < -0.39 is 5.54 Å². The van der Waals surface area contributed by atoms with Crippen LogP contribution < -0.4 is 5.32 Å². The largest absolute Gasteiger partial charge is 0.351 e. The maximum Gasteiger partial charge on any atom is 0.254 e. The molecule has 1 saturated heterocycles. The van der Waals surface area contributed by atoms with Crippen molar-refractivity contribution in [3.63, 3.8) is 0 Å². The molecule has 0 bridgehead atoms. The van der Waals surface area contributed by atoms with Gasteiger partial charge in [0.25, 0.3) is 5.91 Å². The molecule has 1 aromatic carbocycles. The highest BCUT2D eigenvalue weighted by Gasteiger charge is 2.46. The van der Waals surface area contributed by atoms with Crippen LogP contribution in [0.3, 0.4) is 0 Å². The Balaban J connectivity index is 1.57. The summed E-state index contributed by atoms with van der Waals surface area (Å²) < 4.78 is 0. The van der Waals surface area contributed by atoms with E-state index in [9.17, 15) is 9.59 Å². The molecule has 1 aliphatic carbocycles. The van der Waals surface area contributed by atoms with E-state index in [1.165, 1.54) is 12.8 Å². The lowest BCUT2D eigenvalue weighted by molar-refractivity contribution is -0.130. The van der Waals surface area contributed by atoms with Crippen LogP contribution in [0.2, 0.25) is 0 Å². The van der Waals surface area contributed by atoms with Crippen LogP contribution in [-0.2, 0) is 4.79 Å². The Bertz CT molecular complexity index is 853. The summed E-state index contributed by atoms with van der Waals surface area (Å²) in [5.41, 5.74) is 1.54. The van der Waals surface area contributed by atoms with Gasteiger partial charge in [-0.2, -0.15) is 0 Å². The van der Waals surface area contributed by atoms with Gasteiger partial charge < -0.3 is 15.2 Å². The number of hydrogen-bond acceptors (Lipinski definition) is 3. The highest BCUT2D eigenvalue weighted by Crippen LogP contribution is 2.32. The van der Waals surface area contributed by atoms with Crippen molar-refractivity contribution in [2.45, 2.75) is 64.0 Å². The fraction of sp³-hybridized carbons (Fsp3) is 0.550. The summed E-state index contributed by atoms with van der Waals surface area (Å²) in [6.45, 7) is 4.42. The van der Waals surface area contributed by atoms with Gasteiger partial charge in [0.2, 0.25) is 5.91 Å². The summed E-state index contributed by atoms with van der Waals surface area (Å²) in [7, 11) is 0. The van der Waals surface area contributed by atoms with E-state index in [1.807, 2.05) is 26.0 Å². The van der Waals surface area contributed by atoms with Gasteiger partial charge in [0.05, 0.1) is 11.0 Å². The lowest BCUT2D eigenvalue weighted by Crippen LogP contribution is -2.56. The van der Waals surface area contributed by atoms with Crippen LogP contribution in [0.15, 0.2) is 18.2 Å². The Kier molecular flexibility index (Phi) is 4.21. The summed E-state index contributed by atoms with van der Waals surface area (Å²) in [6, 6.07) is 5.77. The number of fused-ring (bicyclic) bond motifs is 1. The molecule has 2 amide bonds. The average Bonchev–Trinajstić information content (AvgIpc) is 3.33. The van der Waals surface area contributed by atoms with Crippen molar-refractivity contribution in [2.75, 3.05) is 6.54 Å².